The third kappa shape index (κ3) is 2.53. The molecule has 0 saturated heterocycles. The average molecular weight is 175 g/mol. The minimum absolute atomic E-state index is 0.702. The molecular weight excluding hydrogens is 166 g/mol. The Kier molecular flexibility index (Phi) is 2.93. The summed E-state index contributed by atoms with van der Waals surface area (Å²) in [5.74, 6) is 1.16. The van der Waals surface area contributed by atoms with Crippen molar-refractivity contribution in [2.24, 2.45) is 0 Å². The minimum atomic E-state index is -0.702. The van der Waals surface area contributed by atoms with Crippen LogP contribution in [0.1, 0.15) is 0 Å². The molecule has 0 aromatic heterocycles. The van der Waals surface area contributed by atoms with E-state index in [1.165, 1.54) is 5.06 Å². The fourth-order valence-electron chi connectivity index (χ4n) is 0.841. The van der Waals surface area contributed by atoms with Crippen molar-refractivity contribution in [1.82, 2.24) is 0 Å². The molecule has 13 heavy (non-hydrogen) atoms. The van der Waals surface area contributed by atoms with Crippen LogP contribution in [-0.2, 0) is 9.63 Å². The lowest BCUT2D eigenvalue weighted by Gasteiger charge is -2.15. The molecule has 1 aromatic carbocycles. The van der Waals surface area contributed by atoms with Crippen LogP contribution in [0.2, 0.25) is 0 Å². The number of hydrogen-bond donors (Lipinski definition) is 0. The van der Waals surface area contributed by atoms with E-state index in [4.69, 9.17) is 11.3 Å². The number of para-hydroxylation sites is 1. The van der Waals surface area contributed by atoms with Crippen LogP contribution in [0.15, 0.2) is 30.3 Å². The van der Waals surface area contributed by atoms with Gasteiger partial charge in [0.05, 0.1) is 5.69 Å². The summed E-state index contributed by atoms with van der Waals surface area (Å²) in [6.45, 7) is 0. The Balaban J connectivity index is 2.65. The number of rotatable bonds is 2. The van der Waals surface area contributed by atoms with E-state index in [2.05, 4.69) is 0 Å². The van der Waals surface area contributed by atoms with Gasteiger partial charge in [0.1, 0.15) is 0 Å². The zero-order valence-electron chi connectivity index (χ0n) is 7.23. The van der Waals surface area contributed by atoms with Crippen LogP contribution in [-0.4, -0.2) is 13.0 Å². The summed E-state index contributed by atoms with van der Waals surface area (Å²) in [4.78, 5) is 15.4. The van der Waals surface area contributed by atoms with Gasteiger partial charge in [0, 0.05) is 13.0 Å². The van der Waals surface area contributed by atoms with Crippen LogP contribution in [0.4, 0.5) is 5.69 Å². The Hall–Kier alpha value is -1.95. The highest BCUT2D eigenvalue weighted by molar-refractivity contribution is 5.88. The van der Waals surface area contributed by atoms with E-state index in [9.17, 15) is 4.79 Å². The highest BCUT2D eigenvalue weighted by atomic mass is 16.7. The Morgan fingerprint density at radius 1 is 1.46 bits per heavy atom. The van der Waals surface area contributed by atoms with E-state index in [0.717, 1.165) is 5.69 Å². The second kappa shape index (κ2) is 4.17. The molecule has 0 aliphatic carbocycles. The lowest BCUT2D eigenvalue weighted by molar-refractivity contribution is -0.137. The fourth-order valence-corrected chi connectivity index (χ4v) is 0.841. The van der Waals surface area contributed by atoms with E-state index in [1.807, 2.05) is 36.3 Å². The number of nitrogens with zero attached hydrogens (tertiary/aromatic N) is 1. The highest BCUT2D eigenvalue weighted by Crippen LogP contribution is 2.10. The van der Waals surface area contributed by atoms with E-state index in [-0.39, 0.29) is 0 Å². The summed E-state index contributed by atoms with van der Waals surface area (Å²) in [7, 11) is 1.62. The normalized spacial score (nSPS) is 8.62. The van der Waals surface area contributed by atoms with Crippen molar-refractivity contribution >= 4 is 11.7 Å². The number of hydrogen-bond acceptors (Lipinski definition) is 3. The van der Waals surface area contributed by atoms with E-state index in [0.29, 0.717) is 0 Å². The van der Waals surface area contributed by atoms with Crippen molar-refractivity contribution < 1.29 is 9.63 Å². The first-order valence-corrected chi connectivity index (χ1v) is 3.71. The summed E-state index contributed by atoms with van der Waals surface area (Å²) in [6, 6.07) is 9.18. The Morgan fingerprint density at radius 3 is 2.62 bits per heavy atom. The van der Waals surface area contributed by atoms with Crippen molar-refractivity contribution in [3.05, 3.63) is 30.3 Å². The Bertz CT molecular complexity index is 327. The molecule has 0 aliphatic rings. The third-order valence-electron chi connectivity index (χ3n) is 1.46. The van der Waals surface area contributed by atoms with Crippen molar-refractivity contribution in [2.45, 2.75) is 0 Å². The van der Waals surface area contributed by atoms with Crippen LogP contribution in [0.25, 0.3) is 0 Å². The predicted molar refractivity (Wildman–Crippen MR) is 49.8 cm³/mol. The summed E-state index contributed by atoms with van der Waals surface area (Å²) >= 11 is 0. The van der Waals surface area contributed by atoms with Gasteiger partial charge < -0.3 is 4.84 Å². The summed E-state index contributed by atoms with van der Waals surface area (Å²) in [5.41, 5.74) is 0.770. The van der Waals surface area contributed by atoms with Crippen LogP contribution in [0.3, 0.4) is 0 Å². The quantitative estimate of drug-likeness (QED) is 0.500. The van der Waals surface area contributed by atoms with Crippen molar-refractivity contribution in [3.63, 3.8) is 0 Å². The molecule has 66 valence electrons. The second-order valence-electron chi connectivity index (χ2n) is 2.36. The van der Waals surface area contributed by atoms with Crippen LogP contribution < -0.4 is 5.06 Å². The van der Waals surface area contributed by atoms with Gasteiger partial charge in [-0.2, -0.15) is 0 Å². The molecule has 0 radical (unpaired) electrons. The summed E-state index contributed by atoms with van der Waals surface area (Å²) in [6.07, 6.45) is 4.85. The van der Waals surface area contributed by atoms with Gasteiger partial charge in [-0.05, 0) is 12.1 Å². The predicted octanol–water partition coefficient (Wildman–Crippen LogP) is 1.21. The van der Waals surface area contributed by atoms with Gasteiger partial charge in [0.15, 0.2) is 0 Å². The first-order valence-electron chi connectivity index (χ1n) is 3.71. The number of terminal acetylenes is 1. The van der Waals surface area contributed by atoms with Crippen LogP contribution in [0.5, 0.6) is 0 Å². The smallest absolute Gasteiger partial charge is 0.329 e. The summed E-state index contributed by atoms with van der Waals surface area (Å²) < 4.78 is 0. The van der Waals surface area contributed by atoms with Crippen LogP contribution >= 0.6 is 0 Å². The lowest BCUT2D eigenvalue weighted by atomic mass is 10.3. The molecular formula is C10H9NO2. The first kappa shape index (κ1) is 9.14. The minimum Gasteiger partial charge on any atom is -0.329 e. The van der Waals surface area contributed by atoms with E-state index < -0.39 is 5.97 Å². The maximum absolute atomic E-state index is 10.7. The van der Waals surface area contributed by atoms with Gasteiger partial charge in [0.25, 0.3) is 0 Å². The number of carbonyl (C=O) groups excluding carboxylic acids is 1. The van der Waals surface area contributed by atoms with E-state index in [1.54, 1.807) is 7.05 Å². The molecule has 0 N–H and O–H groups in total. The third-order valence-corrected chi connectivity index (χ3v) is 1.46. The molecule has 0 heterocycles. The molecule has 1 rings (SSSR count). The van der Waals surface area contributed by atoms with Gasteiger partial charge in [0.2, 0.25) is 0 Å². The monoisotopic (exact) mass is 175 g/mol. The number of anilines is 1. The van der Waals surface area contributed by atoms with Gasteiger partial charge in [-0.1, -0.05) is 18.2 Å². The zero-order valence-corrected chi connectivity index (χ0v) is 7.23. The molecule has 0 spiro atoms. The molecule has 0 atom stereocenters. The number of hydroxylamine groups is 1. The maximum Gasteiger partial charge on any atom is 0.408 e. The molecule has 3 heteroatoms. The van der Waals surface area contributed by atoms with Gasteiger partial charge in [-0.15, -0.1) is 6.42 Å². The highest BCUT2D eigenvalue weighted by Gasteiger charge is 2.03. The number of carbonyl (C=O) groups is 1. The van der Waals surface area contributed by atoms with Crippen molar-refractivity contribution in [3.8, 4) is 12.3 Å². The van der Waals surface area contributed by atoms with Gasteiger partial charge in [-0.25, -0.2) is 9.86 Å². The molecule has 3 nitrogen and oxygen atoms in total. The maximum atomic E-state index is 10.7. The summed E-state index contributed by atoms with van der Waals surface area (Å²) in [5, 5.41) is 1.32. The molecule has 0 unspecified atom stereocenters. The zero-order chi connectivity index (χ0) is 9.68. The van der Waals surface area contributed by atoms with Crippen molar-refractivity contribution in [2.75, 3.05) is 12.1 Å². The number of benzene rings is 1. The SMILES string of the molecule is C#CC(=O)ON(C)c1ccccc1. The Morgan fingerprint density at radius 2 is 2.08 bits per heavy atom. The molecule has 0 amide bonds. The largest absolute Gasteiger partial charge is 0.408 e. The molecule has 0 fully saturated rings. The van der Waals surface area contributed by atoms with Gasteiger partial charge in [-0.3, -0.25) is 0 Å². The Labute approximate surface area is 76.9 Å². The average Bonchev–Trinajstić information content (AvgIpc) is 2.19. The lowest BCUT2D eigenvalue weighted by Crippen LogP contribution is -2.21. The topological polar surface area (TPSA) is 29.5 Å². The van der Waals surface area contributed by atoms with Crippen LogP contribution in [0, 0.1) is 12.3 Å². The van der Waals surface area contributed by atoms with E-state index >= 15 is 0 Å². The first-order chi connectivity index (χ1) is 6.24. The standard InChI is InChI=1S/C10H9NO2/c1-3-10(12)13-11(2)9-7-5-4-6-8-9/h1,4-8H,2H3. The molecule has 0 saturated carbocycles. The van der Waals surface area contributed by atoms with Gasteiger partial charge >= 0.3 is 5.97 Å². The van der Waals surface area contributed by atoms with Crippen molar-refractivity contribution in [1.29, 1.82) is 0 Å². The second-order valence-corrected chi connectivity index (χ2v) is 2.36. The molecule has 1 aromatic rings. The molecule has 0 aliphatic heterocycles. The fraction of sp³-hybridized carbons (Fsp3) is 0.100. The molecule has 0 bridgehead atoms.